The molecule has 0 unspecified atom stereocenters. The Hall–Kier alpha value is -2.95. The van der Waals surface area contributed by atoms with E-state index in [0.29, 0.717) is 0 Å². The van der Waals surface area contributed by atoms with Crippen LogP contribution >= 0.6 is 11.3 Å². The number of aryl methyl sites for hydroxylation is 1. The van der Waals surface area contributed by atoms with Crippen molar-refractivity contribution in [2.45, 2.75) is 26.6 Å². The average Bonchev–Trinajstić information content (AvgIpc) is 3.28. The summed E-state index contributed by atoms with van der Waals surface area (Å²) in [5.74, 6) is 0. The Morgan fingerprint density at radius 2 is 1.49 bits per heavy atom. The maximum atomic E-state index is 4.59. The van der Waals surface area contributed by atoms with Gasteiger partial charge in [-0.25, -0.2) is 0 Å². The molecule has 6 rings (SSSR count). The zero-order chi connectivity index (χ0) is 25.1. The van der Waals surface area contributed by atoms with Crippen LogP contribution in [0, 0.1) is 19.1 Å². The molecule has 0 fully saturated rings. The second-order valence-corrected chi connectivity index (χ2v) is 15.9. The van der Waals surface area contributed by atoms with E-state index in [1.165, 1.54) is 25.7 Å². The predicted molar refractivity (Wildman–Crippen MR) is 158 cm³/mol. The van der Waals surface area contributed by atoms with Crippen LogP contribution in [0.5, 0.6) is 0 Å². The first-order chi connectivity index (χ1) is 17.4. The minimum atomic E-state index is -1.38. The van der Waals surface area contributed by atoms with Gasteiger partial charge in [-0.2, -0.15) is 11.3 Å². The molecular weight excluding hydrogens is 665 g/mol. The Morgan fingerprint density at radius 3 is 2.19 bits per heavy atom. The quantitative estimate of drug-likeness (QED) is 0.138. The molecule has 0 spiro atoms. The van der Waals surface area contributed by atoms with E-state index in [-0.39, 0.29) is 20.1 Å². The van der Waals surface area contributed by atoms with Crippen LogP contribution in [-0.4, -0.2) is 18.0 Å². The Morgan fingerprint density at radius 1 is 0.703 bits per heavy atom. The number of thiophene rings is 1. The molecular formula is C32H28IrN2SSi-2. The number of benzene rings is 3. The molecule has 187 valence electrons. The third-order valence-electron chi connectivity index (χ3n) is 6.09. The first-order valence-electron chi connectivity index (χ1n) is 12.1. The van der Waals surface area contributed by atoms with Crippen LogP contribution in [0.1, 0.15) is 5.56 Å². The van der Waals surface area contributed by atoms with Gasteiger partial charge in [0.1, 0.15) is 0 Å². The molecule has 1 radical (unpaired) electrons. The van der Waals surface area contributed by atoms with Gasteiger partial charge in [0.2, 0.25) is 0 Å². The topological polar surface area (TPSA) is 25.8 Å². The second-order valence-electron chi connectivity index (χ2n) is 9.84. The fraction of sp³-hybridized carbons (Fsp3) is 0.125. The Bertz CT molecular complexity index is 1590. The molecule has 3 heterocycles. The summed E-state index contributed by atoms with van der Waals surface area (Å²) >= 11 is 1.91. The minimum absolute atomic E-state index is 0. The zero-order valence-electron chi connectivity index (χ0n) is 21.4. The van der Waals surface area contributed by atoms with E-state index in [0.717, 1.165) is 22.5 Å². The van der Waals surface area contributed by atoms with Crippen LogP contribution in [0.3, 0.4) is 0 Å². The molecule has 0 N–H and O–H groups in total. The first-order valence-corrected chi connectivity index (χ1v) is 16.4. The molecule has 0 aliphatic carbocycles. The van der Waals surface area contributed by atoms with Crippen LogP contribution in [0.2, 0.25) is 19.6 Å². The third kappa shape index (κ3) is 5.97. The van der Waals surface area contributed by atoms with Gasteiger partial charge < -0.3 is 9.97 Å². The van der Waals surface area contributed by atoms with Crippen molar-refractivity contribution in [1.82, 2.24) is 9.97 Å². The molecule has 37 heavy (non-hydrogen) atoms. The monoisotopic (exact) mass is 693 g/mol. The molecule has 5 heteroatoms. The standard InChI is InChI=1S/C21H20NSSi.C11H8N.Ir/c1-14-11-12-22-18(13-14)17-9-5-7-15-16-8-6-10-19(24(2,3)4)21(16)23-20(15)17;1-2-6-10(7-3-1)11-8-4-5-9-12-11;/h5-8,10-13H,1-4H3;1-6,8-9H;/q2*-1;. The van der Waals surface area contributed by atoms with Crippen molar-refractivity contribution < 1.29 is 20.1 Å². The molecule has 6 aromatic rings. The maximum Gasteiger partial charge on any atom is 0.0794 e. The van der Waals surface area contributed by atoms with Crippen molar-refractivity contribution in [3.05, 3.63) is 115 Å². The van der Waals surface area contributed by atoms with Crippen molar-refractivity contribution in [2.24, 2.45) is 0 Å². The van der Waals surface area contributed by atoms with Crippen molar-refractivity contribution in [3.8, 4) is 22.5 Å². The molecule has 0 bridgehead atoms. The molecule has 2 nitrogen and oxygen atoms in total. The maximum absolute atomic E-state index is 4.59. The number of rotatable bonds is 3. The van der Waals surface area contributed by atoms with E-state index in [4.69, 9.17) is 0 Å². The summed E-state index contributed by atoms with van der Waals surface area (Å²) < 4.78 is 2.75. The van der Waals surface area contributed by atoms with E-state index in [1.807, 2.05) is 72.1 Å². The number of pyridine rings is 2. The summed E-state index contributed by atoms with van der Waals surface area (Å²) in [5.41, 5.74) is 5.38. The van der Waals surface area contributed by atoms with Gasteiger partial charge in [0.15, 0.2) is 0 Å². The summed E-state index contributed by atoms with van der Waals surface area (Å²) in [5, 5.41) is 4.24. The number of fused-ring (bicyclic) bond motifs is 3. The molecule has 0 saturated heterocycles. The van der Waals surface area contributed by atoms with Gasteiger partial charge in [-0.05, 0) is 45.7 Å². The van der Waals surface area contributed by atoms with Crippen LogP contribution < -0.4 is 5.19 Å². The smallest absolute Gasteiger partial charge is 0.0794 e. The molecule has 0 aliphatic heterocycles. The van der Waals surface area contributed by atoms with Gasteiger partial charge in [0.25, 0.3) is 0 Å². The van der Waals surface area contributed by atoms with Gasteiger partial charge in [-0.1, -0.05) is 67.0 Å². The van der Waals surface area contributed by atoms with E-state index < -0.39 is 8.07 Å². The SMILES string of the molecule is Cc1ccnc(-c2[c-]ccc3c2sc2c([Si](C)(C)C)cccc23)c1.[Ir].[c-]1ccccc1-c1ccccn1. The summed E-state index contributed by atoms with van der Waals surface area (Å²) in [6.07, 6.45) is 3.67. The Balaban J connectivity index is 0.000000208. The van der Waals surface area contributed by atoms with Crippen molar-refractivity contribution in [2.75, 3.05) is 0 Å². The van der Waals surface area contributed by atoms with Crippen molar-refractivity contribution in [3.63, 3.8) is 0 Å². The minimum Gasteiger partial charge on any atom is -0.305 e. The fourth-order valence-corrected chi connectivity index (χ4v) is 8.00. The van der Waals surface area contributed by atoms with Crippen LogP contribution in [0.15, 0.2) is 97.3 Å². The summed E-state index contributed by atoms with van der Waals surface area (Å²) in [6.45, 7) is 9.36. The van der Waals surface area contributed by atoms with E-state index in [9.17, 15) is 0 Å². The number of aromatic nitrogens is 2. The van der Waals surface area contributed by atoms with Gasteiger partial charge in [-0.3, -0.25) is 0 Å². The molecule has 0 amide bonds. The van der Waals surface area contributed by atoms with Crippen molar-refractivity contribution in [1.29, 1.82) is 0 Å². The largest absolute Gasteiger partial charge is 0.305 e. The molecule has 0 aliphatic rings. The van der Waals surface area contributed by atoms with Gasteiger partial charge in [0.05, 0.1) is 8.07 Å². The summed E-state index contributed by atoms with van der Waals surface area (Å²) in [6, 6.07) is 35.5. The van der Waals surface area contributed by atoms with Crippen LogP contribution in [0.4, 0.5) is 0 Å². The Kier molecular flexibility index (Phi) is 8.51. The number of nitrogens with zero attached hydrogens (tertiary/aromatic N) is 2. The number of hydrogen-bond donors (Lipinski definition) is 0. The molecule has 3 aromatic carbocycles. The van der Waals surface area contributed by atoms with E-state index in [1.54, 1.807) is 11.4 Å². The fourth-order valence-electron chi connectivity index (χ4n) is 4.29. The van der Waals surface area contributed by atoms with E-state index in [2.05, 4.69) is 79.0 Å². The number of hydrogen-bond acceptors (Lipinski definition) is 3. The summed E-state index contributed by atoms with van der Waals surface area (Å²) in [7, 11) is -1.38. The molecule has 3 aromatic heterocycles. The average molecular weight is 693 g/mol. The molecule has 0 saturated carbocycles. The van der Waals surface area contributed by atoms with Crippen LogP contribution in [0.25, 0.3) is 42.7 Å². The third-order valence-corrected chi connectivity index (χ3v) is 9.57. The summed E-state index contributed by atoms with van der Waals surface area (Å²) in [4.78, 5) is 8.80. The Labute approximate surface area is 237 Å². The van der Waals surface area contributed by atoms with Gasteiger partial charge in [-0.15, -0.1) is 59.7 Å². The van der Waals surface area contributed by atoms with Gasteiger partial charge >= 0.3 is 0 Å². The van der Waals surface area contributed by atoms with E-state index >= 15 is 0 Å². The second kappa shape index (κ2) is 11.6. The zero-order valence-corrected chi connectivity index (χ0v) is 25.6. The first kappa shape index (κ1) is 27.1. The normalized spacial score (nSPS) is 11.0. The molecule has 0 atom stereocenters. The van der Waals surface area contributed by atoms with Crippen LogP contribution in [-0.2, 0) is 20.1 Å². The van der Waals surface area contributed by atoms with Gasteiger partial charge in [0, 0.05) is 37.2 Å². The van der Waals surface area contributed by atoms with Crippen molar-refractivity contribution >= 4 is 44.8 Å². The predicted octanol–water partition coefficient (Wildman–Crippen LogP) is 8.32.